The number of piperazine rings is 1. The van der Waals surface area contributed by atoms with Gasteiger partial charge in [0, 0.05) is 57.5 Å². The van der Waals surface area contributed by atoms with Crippen LogP contribution in [0, 0.1) is 0 Å². The summed E-state index contributed by atoms with van der Waals surface area (Å²) in [7, 11) is 0. The van der Waals surface area contributed by atoms with Crippen LogP contribution in [0.5, 0.6) is 0 Å². The number of pyridine rings is 1. The summed E-state index contributed by atoms with van der Waals surface area (Å²) in [4.78, 5) is 21.6. The molecule has 0 bridgehead atoms. The van der Waals surface area contributed by atoms with Gasteiger partial charge in [-0.05, 0) is 42.2 Å². The first kappa shape index (κ1) is 18.0. The van der Waals surface area contributed by atoms with Crippen molar-refractivity contribution in [2.45, 2.75) is 19.0 Å². The van der Waals surface area contributed by atoms with E-state index in [1.165, 1.54) is 5.56 Å². The minimum absolute atomic E-state index is 0.0766. The fraction of sp³-hybridized carbons (Fsp3) is 0.474. The second-order valence-corrected chi connectivity index (χ2v) is 7.38. The Kier molecular flexibility index (Phi) is 6.53. The Labute approximate surface area is 154 Å². The van der Waals surface area contributed by atoms with Gasteiger partial charge in [-0.1, -0.05) is 6.07 Å². The molecule has 0 N–H and O–H groups in total. The lowest BCUT2D eigenvalue weighted by Crippen LogP contribution is -2.50. The summed E-state index contributed by atoms with van der Waals surface area (Å²) in [5.74, 6) is 1.25. The molecule has 0 aliphatic carbocycles. The number of rotatable bonds is 7. The molecule has 5 nitrogen and oxygen atoms in total. The number of carbonyl (C=O) groups excluding carboxylic acids is 1. The van der Waals surface area contributed by atoms with Gasteiger partial charge in [-0.2, -0.15) is 11.8 Å². The number of aromatic nitrogens is 2. The molecule has 0 saturated carbocycles. The third-order valence-corrected chi connectivity index (χ3v) is 5.32. The van der Waals surface area contributed by atoms with E-state index in [0.29, 0.717) is 0 Å². The average Bonchev–Trinajstić information content (AvgIpc) is 3.18. The summed E-state index contributed by atoms with van der Waals surface area (Å²) in [5, 5.41) is 0. The van der Waals surface area contributed by atoms with E-state index in [1.54, 1.807) is 18.0 Å². The Morgan fingerprint density at radius 1 is 1.20 bits per heavy atom. The van der Waals surface area contributed by atoms with Gasteiger partial charge in [0.25, 0.3) is 0 Å². The van der Waals surface area contributed by atoms with E-state index >= 15 is 0 Å². The van der Waals surface area contributed by atoms with Crippen LogP contribution in [0.15, 0.2) is 49.1 Å². The zero-order chi connectivity index (χ0) is 17.5. The number of thioether (sulfide) groups is 1. The van der Waals surface area contributed by atoms with Crippen LogP contribution < -0.4 is 0 Å². The van der Waals surface area contributed by atoms with Gasteiger partial charge in [-0.3, -0.25) is 14.7 Å². The van der Waals surface area contributed by atoms with Gasteiger partial charge in [0.1, 0.15) is 6.04 Å². The van der Waals surface area contributed by atoms with Crippen LogP contribution in [0.4, 0.5) is 0 Å². The second kappa shape index (κ2) is 9.06. The summed E-state index contributed by atoms with van der Waals surface area (Å²) in [5.41, 5.74) is 1.23. The summed E-state index contributed by atoms with van der Waals surface area (Å²) < 4.78 is 2.06. The lowest BCUT2D eigenvalue weighted by atomic mass is 10.1. The maximum absolute atomic E-state index is 13.0. The highest BCUT2D eigenvalue weighted by atomic mass is 32.2. The topological polar surface area (TPSA) is 41.4 Å². The molecule has 2 aromatic rings. The number of hydrogen-bond donors (Lipinski definition) is 0. The number of amides is 1. The van der Waals surface area contributed by atoms with Crippen LogP contribution in [-0.2, 0) is 11.3 Å². The molecule has 1 saturated heterocycles. The Balaban J connectivity index is 1.56. The molecule has 1 atom stereocenters. The van der Waals surface area contributed by atoms with Crippen molar-refractivity contribution in [1.29, 1.82) is 0 Å². The van der Waals surface area contributed by atoms with Gasteiger partial charge in [0.15, 0.2) is 0 Å². The van der Waals surface area contributed by atoms with Crippen molar-refractivity contribution >= 4 is 17.7 Å². The highest BCUT2D eigenvalue weighted by molar-refractivity contribution is 7.98. The molecular formula is C19H26N4OS. The van der Waals surface area contributed by atoms with E-state index in [4.69, 9.17) is 0 Å². The third kappa shape index (κ3) is 4.86. The van der Waals surface area contributed by atoms with Crippen LogP contribution in [0.3, 0.4) is 0 Å². The summed E-state index contributed by atoms with van der Waals surface area (Å²) >= 11 is 1.79. The monoisotopic (exact) mass is 358 g/mol. The van der Waals surface area contributed by atoms with E-state index in [1.807, 2.05) is 41.7 Å². The minimum atomic E-state index is -0.0766. The van der Waals surface area contributed by atoms with Crippen molar-refractivity contribution in [1.82, 2.24) is 19.4 Å². The molecule has 0 aromatic carbocycles. The molecule has 3 rings (SSSR count). The molecule has 1 aliphatic rings. The fourth-order valence-electron chi connectivity index (χ4n) is 3.27. The van der Waals surface area contributed by atoms with Crippen LogP contribution in [-0.4, -0.2) is 63.4 Å². The van der Waals surface area contributed by atoms with E-state index < -0.39 is 0 Å². The van der Waals surface area contributed by atoms with Crippen molar-refractivity contribution < 1.29 is 4.79 Å². The van der Waals surface area contributed by atoms with Gasteiger partial charge < -0.3 is 9.47 Å². The SMILES string of the molecule is CSCC[C@H](C(=O)N1CCN(Cc2cccnc2)CC1)n1cccc1. The van der Waals surface area contributed by atoms with Gasteiger partial charge >= 0.3 is 0 Å². The normalized spacial score (nSPS) is 16.8. The number of carbonyl (C=O) groups is 1. The second-order valence-electron chi connectivity index (χ2n) is 6.39. The molecule has 6 heteroatoms. The highest BCUT2D eigenvalue weighted by Crippen LogP contribution is 2.19. The lowest BCUT2D eigenvalue weighted by Gasteiger charge is -2.36. The predicted molar refractivity (Wildman–Crippen MR) is 103 cm³/mol. The molecular weight excluding hydrogens is 332 g/mol. The smallest absolute Gasteiger partial charge is 0.245 e. The van der Waals surface area contributed by atoms with E-state index in [0.717, 1.165) is 44.9 Å². The summed E-state index contributed by atoms with van der Waals surface area (Å²) in [6, 6.07) is 7.99. The van der Waals surface area contributed by atoms with Gasteiger partial charge in [-0.15, -0.1) is 0 Å². The average molecular weight is 359 g/mol. The van der Waals surface area contributed by atoms with E-state index in [-0.39, 0.29) is 11.9 Å². The quantitative estimate of drug-likeness (QED) is 0.763. The molecule has 0 spiro atoms. The maximum Gasteiger partial charge on any atom is 0.245 e. The number of nitrogens with zero attached hydrogens (tertiary/aromatic N) is 4. The van der Waals surface area contributed by atoms with Crippen molar-refractivity contribution in [3.8, 4) is 0 Å². The first-order valence-electron chi connectivity index (χ1n) is 8.79. The Bertz CT molecular complexity index is 639. The highest BCUT2D eigenvalue weighted by Gasteiger charge is 2.27. The Morgan fingerprint density at radius 3 is 2.60 bits per heavy atom. The van der Waals surface area contributed by atoms with Crippen LogP contribution >= 0.6 is 11.8 Å². The van der Waals surface area contributed by atoms with E-state index in [9.17, 15) is 4.79 Å². The first-order valence-corrected chi connectivity index (χ1v) is 10.2. The molecule has 2 aromatic heterocycles. The predicted octanol–water partition coefficient (Wildman–Crippen LogP) is 2.52. The zero-order valence-corrected chi connectivity index (χ0v) is 15.6. The maximum atomic E-state index is 13.0. The third-order valence-electron chi connectivity index (χ3n) is 4.68. The van der Waals surface area contributed by atoms with Gasteiger partial charge in [0.05, 0.1) is 0 Å². The molecule has 1 fully saturated rings. The van der Waals surface area contributed by atoms with Gasteiger partial charge in [0.2, 0.25) is 5.91 Å². The fourth-order valence-corrected chi connectivity index (χ4v) is 3.73. The lowest BCUT2D eigenvalue weighted by molar-refractivity contribution is -0.136. The standard InChI is InChI=1S/C19H26N4OS/c1-25-14-6-18(22-8-2-3-9-22)19(24)23-12-10-21(11-13-23)16-17-5-4-7-20-15-17/h2-5,7-9,15,18H,6,10-14,16H2,1H3/t18-/m1/s1. The summed E-state index contributed by atoms with van der Waals surface area (Å²) in [6.45, 7) is 4.35. The summed E-state index contributed by atoms with van der Waals surface area (Å²) in [6.07, 6.45) is 10.7. The van der Waals surface area contributed by atoms with Crippen molar-refractivity contribution in [2.75, 3.05) is 38.2 Å². The number of hydrogen-bond acceptors (Lipinski definition) is 4. The largest absolute Gasteiger partial charge is 0.342 e. The molecule has 1 amide bonds. The molecule has 0 unspecified atom stereocenters. The van der Waals surface area contributed by atoms with Crippen molar-refractivity contribution in [2.24, 2.45) is 0 Å². The van der Waals surface area contributed by atoms with Crippen LogP contribution in [0.25, 0.3) is 0 Å². The van der Waals surface area contributed by atoms with Crippen molar-refractivity contribution in [3.05, 3.63) is 54.6 Å². The zero-order valence-electron chi connectivity index (χ0n) is 14.8. The molecule has 1 aliphatic heterocycles. The Morgan fingerprint density at radius 2 is 1.96 bits per heavy atom. The van der Waals surface area contributed by atoms with Crippen LogP contribution in [0.1, 0.15) is 18.0 Å². The van der Waals surface area contributed by atoms with Crippen LogP contribution in [0.2, 0.25) is 0 Å². The van der Waals surface area contributed by atoms with Gasteiger partial charge in [-0.25, -0.2) is 0 Å². The molecule has 0 radical (unpaired) electrons. The first-order chi connectivity index (χ1) is 12.3. The van der Waals surface area contributed by atoms with Crippen molar-refractivity contribution in [3.63, 3.8) is 0 Å². The molecule has 25 heavy (non-hydrogen) atoms. The van der Waals surface area contributed by atoms with E-state index in [2.05, 4.69) is 26.8 Å². The minimum Gasteiger partial charge on any atom is -0.342 e. The molecule has 134 valence electrons. The Hall–Kier alpha value is -1.79. The molecule has 3 heterocycles.